The van der Waals surface area contributed by atoms with E-state index in [1.165, 1.54) is 0 Å². The quantitative estimate of drug-likeness (QED) is 0.941. The molecule has 1 aromatic heterocycles. The van der Waals surface area contributed by atoms with E-state index in [0.717, 1.165) is 17.8 Å². The van der Waals surface area contributed by atoms with Gasteiger partial charge in [0.25, 0.3) is 5.91 Å². The highest BCUT2D eigenvalue weighted by Crippen LogP contribution is 2.23. The number of hydrogen-bond donors (Lipinski definition) is 1. The molecule has 0 spiro atoms. The molecule has 4 nitrogen and oxygen atoms in total. The molecular formula is C16H18F2N2O2. The number of amides is 1. The van der Waals surface area contributed by atoms with Gasteiger partial charge >= 0.3 is 0 Å². The molecule has 0 fully saturated rings. The topological polar surface area (TPSA) is 65.2 Å². The van der Waals surface area contributed by atoms with Gasteiger partial charge in [-0.1, -0.05) is 19.9 Å². The van der Waals surface area contributed by atoms with Gasteiger partial charge in [0.1, 0.15) is 18.0 Å². The Morgan fingerprint density at radius 1 is 1.23 bits per heavy atom. The van der Waals surface area contributed by atoms with E-state index >= 15 is 0 Å². The Morgan fingerprint density at radius 3 is 2.50 bits per heavy atom. The Hall–Kier alpha value is -2.50. The van der Waals surface area contributed by atoms with Crippen LogP contribution in [0.15, 0.2) is 30.3 Å². The Kier molecular flexibility index (Phi) is 6.44. The lowest BCUT2D eigenvalue weighted by molar-refractivity contribution is 0.0991. The number of carbonyl (C=O) groups is 1. The molecule has 0 aliphatic heterocycles. The molecule has 118 valence electrons. The summed E-state index contributed by atoms with van der Waals surface area (Å²) in [4.78, 5) is 15.2. The van der Waals surface area contributed by atoms with Crippen LogP contribution in [0.25, 0.3) is 0 Å². The number of hydrogen-bond acceptors (Lipinski definition) is 3. The number of carbonyl (C=O) groups excluding carboxylic acids is 1. The first-order valence-electron chi connectivity index (χ1n) is 6.82. The monoisotopic (exact) mass is 308 g/mol. The van der Waals surface area contributed by atoms with Crippen molar-refractivity contribution in [3.8, 4) is 5.75 Å². The van der Waals surface area contributed by atoms with Crippen LogP contribution in [-0.2, 0) is 6.61 Å². The summed E-state index contributed by atoms with van der Waals surface area (Å²) in [6.07, 6.45) is 0. The maximum absolute atomic E-state index is 13.9. The van der Waals surface area contributed by atoms with Crippen LogP contribution in [0.2, 0.25) is 0 Å². The summed E-state index contributed by atoms with van der Waals surface area (Å²) in [6, 6.07) is 7.35. The van der Waals surface area contributed by atoms with Crippen LogP contribution in [0.4, 0.5) is 8.78 Å². The number of benzene rings is 1. The van der Waals surface area contributed by atoms with Crippen molar-refractivity contribution in [3.63, 3.8) is 0 Å². The SMILES string of the molecule is CC.Cc1cccc(COc2ccc(F)c(C(N)=O)c2F)n1. The highest BCUT2D eigenvalue weighted by Gasteiger charge is 2.19. The number of halogens is 2. The summed E-state index contributed by atoms with van der Waals surface area (Å²) < 4.78 is 32.4. The van der Waals surface area contributed by atoms with E-state index < -0.39 is 23.1 Å². The van der Waals surface area contributed by atoms with Crippen LogP contribution < -0.4 is 10.5 Å². The Morgan fingerprint density at radius 2 is 1.91 bits per heavy atom. The maximum atomic E-state index is 13.9. The average molecular weight is 308 g/mol. The van der Waals surface area contributed by atoms with Crippen LogP contribution in [0.5, 0.6) is 5.75 Å². The van der Waals surface area contributed by atoms with Crippen molar-refractivity contribution in [2.24, 2.45) is 5.73 Å². The summed E-state index contributed by atoms with van der Waals surface area (Å²) >= 11 is 0. The summed E-state index contributed by atoms with van der Waals surface area (Å²) in [5.74, 6) is -3.55. The van der Waals surface area contributed by atoms with Gasteiger partial charge in [-0.3, -0.25) is 9.78 Å². The highest BCUT2D eigenvalue weighted by molar-refractivity contribution is 5.93. The van der Waals surface area contributed by atoms with Crippen LogP contribution in [-0.4, -0.2) is 10.9 Å². The largest absolute Gasteiger partial charge is 0.484 e. The van der Waals surface area contributed by atoms with Gasteiger partial charge in [0.2, 0.25) is 0 Å². The van der Waals surface area contributed by atoms with Gasteiger partial charge in [0.05, 0.1) is 5.69 Å². The zero-order chi connectivity index (χ0) is 16.7. The van der Waals surface area contributed by atoms with E-state index in [9.17, 15) is 13.6 Å². The Balaban J connectivity index is 0.00000116. The third kappa shape index (κ3) is 4.25. The van der Waals surface area contributed by atoms with Crippen LogP contribution in [0.3, 0.4) is 0 Å². The molecule has 0 aliphatic rings. The van der Waals surface area contributed by atoms with Gasteiger partial charge in [0, 0.05) is 5.69 Å². The minimum absolute atomic E-state index is 0.00241. The maximum Gasteiger partial charge on any atom is 0.254 e. The third-order valence-electron chi connectivity index (χ3n) is 2.62. The lowest BCUT2D eigenvalue weighted by Gasteiger charge is -2.09. The molecular weight excluding hydrogens is 290 g/mol. The van der Waals surface area contributed by atoms with E-state index in [4.69, 9.17) is 10.5 Å². The number of aromatic nitrogens is 1. The van der Waals surface area contributed by atoms with E-state index in [1.807, 2.05) is 26.8 Å². The van der Waals surface area contributed by atoms with Gasteiger partial charge in [-0.25, -0.2) is 8.78 Å². The molecule has 1 aromatic carbocycles. The molecule has 22 heavy (non-hydrogen) atoms. The minimum atomic E-state index is -1.18. The van der Waals surface area contributed by atoms with Gasteiger partial charge in [-0.2, -0.15) is 0 Å². The normalized spacial score (nSPS) is 9.68. The van der Waals surface area contributed by atoms with E-state index in [1.54, 1.807) is 12.1 Å². The van der Waals surface area contributed by atoms with Crippen molar-refractivity contribution in [3.05, 3.63) is 58.9 Å². The van der Waals surface area contributed by atoms with Gasteiger partial charge in [-0.15, -0.1) is 0 Å². The summed E-state index contributed by atoms with van der Waals surface area (Å²) in [5, 5.41) is 0. The fraction of sp³-hybridized carbons (Fsp3) is 0.250. The van der Waals surface area contributed by atoms with E-state index in [-0.39, 0.29) is 12.4 Å². The van der Waals surface area contributed by atoms with Crippen LogP contribution in [0.1, 0.15) is 35.6 Å². The number of rotatable bonds is 4. The first-order valence-corrected chi connectivity index (χ1v) is 6.82. The molecule has 2 N–H and O–H groups in total. The number of primary amides is 1. The second-order valence-electron chi connectivity index (χ2n) is 4.16. The zero-order valence-electron chi connectivity index (χ0n) is 12.7. The second-order valence-corrected chi connectivity index (χ2v) is 4.16. The van der Waals surface area contributed by atoms with Crippen molar-refractivity contribution in [2.45, 2.75) is 27.4 Å². The molecule has 0 atom stereocenters. The predicted molar refractivity (Wildman–Crippen MR) is 79.5 cm³/mol. The second kappa shape index (κ2) is 8.07. The number of aryl methyl sites for hydroxylation is 1. The van der Waals surface area contributed by atoms with E-state index in [2.05, 4.69) is 4.98 Å². The summed E-state index contributed by atoms with van der Waals surface area (Å²) in [6.45, 7) is 5.82. The molecule has 2 rings (SSSR count). The lowest BCUT2D eigenvalue weighted by Crippen LogP contribution is -2.16. The zero-order valence-corrected chi connectivity index (χ0v) is 12.7. The minimum Gasteiger partial charge on any atom is -0.484 e. The van der Waals surface area contributed by atoms with Crippen LogP contribution >= 0.6 is 0 Å². The lowest BCUT2D eigenvalue weighted by atomic mass is 10.1. The van der Waals surface area contributed by atoms with Gasteiger partial charge in [-0.05, 0) is 31.2 Å². The molecule has 2 aromatic rings. The Bertz CT molecular complexity index is 661. The molecule has 0 saturated carbocycles. The highest BCUT2D eigenvalue weighted by atomic mass is 19.1. The molecule has 1 amide bonds. The fourth-order valence-corrected chi connectivity index (χ4v) is 1.70. The molecule has 0 radical (unpaired) electrons. The van der Waals surface area contributed by atoms with Gasteiger partial charge < -0.3 is 10.5 Å². The van der Waals surface area contributed by atoms with Gasteiger partial charge in [0.15, 0.2) is 11.6 Å². The van der Waals surface area contributed by atoms with Crippen molar-refractivity contribution in [1.29, 1.82) is 0 Å². The first kappa shape index (κ1) is 17.6. The predicted octanol–water partition coefficient (Wildman–Crippen LogP) is 3.37. The summed E-state index contributed by atoms with van der Waals surface area (Å²) in [5.41, 5.74) is 5.51. The van der Waals surface area contributed by atoms with Crippen molar-refractivity contribution >= 4 is 5.91 Å². The number of ether oxygens (including phenoxy) is 1. The molecule has 0 saturated heterocycles. The number of pyridine rings is 1. The molecule has 0 bridgehead atoms. The van der Waals surface area contributed by atoms with Crippen molar-refractivity contribution in [1.82, 2.24) is 4.98 Å². The van der Waals surface area contributed by atoms with E-state index in [0.29, 0.717) is 5.69 Å². The number of nitrogens with two attached hydrogens (primary N) is 1. The first-order chi connectivity index (χ1) is 10.5. The van der Waals surface area contributed by atoms with Crippen molar-refractivity contribution < 1.29 is 18.3 Å². The fourth-order valence-electron chi connectivity index (χ4n) is 1.70. The average Bonchev–Trinajstić information content (AvgIpc) is 2.48. The molecule has 0 unspecified atom stereocenters. The smallest absolute Gasteiger partial charge is 0.254 e. The third-order valence-corrected chi connectivity index (χ3v) is 2.62. The summed E-state index contributed by atoms with van der Waals surface area (Å²) in [7, 11) is 0. The Labute approximate surface area is 127 Å². The number of nitrogens with zero attached hydrogens (tertiary/aromatic N) is 1. The standard InChI is InChI=1S/C14H12F2N2O2.C2H6/c1-8-3-2-4-9(18-8)7-20-11-6-5-10(15)12(13(11)16)14(17)19;1-2/h2-6H,7H2,1H3,(H2,17,19);1-2H3. The van der Waals surface area contributed by atoms with Crippen LogP contribution in [0, 0.1) is 18.6 Å². The molecule has 0 aliphatic carbocycles. The molecule has 6 heteroatoms. The molecule has 1 heterocycles. The van der Waals surface area contributed by atoms with Crippen molar-refractivity contribution in [2.75, 3.05) is 0 Å².